The van der Waals surface area contributed by atoms with Crippen LogP contribution in [0, 0.1) is 5.92 Å². The van der Waals surface area contributed by atoms with Gasteiger partial charge in [-0.25, -0.2) is 4.98 Å². The zero-order valence-electron chi connectivity index (χ0n) is 14.5. The molecule has 1 atom stereocenters. The van der Waals surface area contributed by atoms with Crippen LogP contribution in [-0.4, -0.2) is 26.0 Å². The third kappa shape index (κ3) is 3.93. The summed E-state index contributed by atoms with van der Waals surface area (Å²) in [7, 11) is 0. The Balaban J connectivity index is 1.75. The van der Waals surface area contributed by atoms with E-state index in [9.17, 15) is 4.79 Å². The van der Waals surface area contributed by atoms with Gasteiger partial charge in [0.2, 0.25) is 5.89 Å². The molecule has 0 aliphatic carbocycles. The fourth-order valence-corrected chi connectivity index (χ4v) is 2.53. The van der Waals surface area contributed by atoms with E-state index in [1.54, 1.807) is 18.5 Å². The van der Waals surface area contributed by atoms with Crippen LogP contribution in [0.2, 0.25) is 0 Å². The average Bonchev–Trinajstić information content (AvgIpc) is 3.26. The normalized spacial score (nSPS) is 12.3. The topological polar surface area (TPSA) is 96.7 Å². The number of carbonyl (C=O) groups excluding carboxylic acids is 1. The molecule has 0 saturated heterocycles. The average molecular weight is 339 g/mol. The van der Waals surface area contributed by atoms with Crippen molar-refractivity contribution in [2.75, 3.05) is 0 Å². The number of H-pyrrole nitrogens is 1. The van der Waals surface area contributed by atoms with Gasteiger partial charge in [-0.2, -0.15) is 4.98 Å². The van der Waals surface area contributed by atoms with Gasteiger partial charge in [0.05, 0.1) is 5.56 Å². The summed E-state index contributed by atoms with van der Waals surface area (Å²) < 4.78 is 5.27. The van der Waals surface area contributed by atoms with Gasteiger partial charge in [-0.1, -0.05) is 37.2 Å². The van der Waals surface area contributed by atoms with Crippen LogP contribution in [0.1, 0.15) is 48.9 Å². The number of carbonyl (C=O) groups is 1. The maximum Gasteiger partial charge on any atom is 0.252 e. The highest BCUT2D eigenvalue weighted by atomic mass is 16.5. The van der Waals surface area contributed by atoms with Crippen LogP contribution >= 0.6 is 0 Å². The van der Waals surface area contributed by atoms with Crippen LogP contribution in [0.4, 0.5) is 0 Å². The van der Waals surface area contributed by atoms with Gasteiger partial charge in [0.25, 0.3) is 5.91 Å². The van der Waals surface area contributed by atoms with E-state index in [1.165, 1.54) is 0 Å². The number of nitrogens with one attached hydrogen (secondary N) is 2. The molecule has 0 aliphatic rings. The molecule has 130 valence electrons. The van der Waals surface area contributed by atoms with E-state index in [4.69, 9.17) is 4.52 Å². The van der Waals surface area contributed by atoms with Crippen LogP contribution in [0.15, 0.2) is 41.2 Å². The molecule has 1 aromatic carbocycles. The second-order valence-electron chi connectivity index (χ2n) is 6.33. The van der Waals surface area contributed by atoms with E-state index in [2.05, 4.69) is 39.3 Å². The monoisotopic (exact) mass is 339 g/mol. The highest BCUT2D eigenvalue weighted by molar-refractivity contribution is 6.00. The number of hydrogen-bond acceptors (Lipinski definition) is 5. The first-order chi connectivity index (χ1) is 12.0. The number of aromatic nitrogens is 4. The van der Waals surface area contributed by atoms with Gasteiger partial charge in [-0.15, -0.1) is 0 Å². The number of imidazole rings is 1. The Hall–Kier alpha value is -2.96. The molecule has 2 N–H and O–H groups in total. The van der Waals surface area contributed by atoms with Crippen molar-refractivity contribution >= 4 is 5.91 Å². The molecule has 3 rings (SSSR count). The third-order valence-corrected chi connectivity index (χ3v) is 3.72. The number of hydrogen-bond donors (Lipinski definition) is 2. The Bertz CT molecular complexity index is 839. The Morgan fingerprint density at radius 1 is 1.28 bits per heavy atom. The molecule has 0 saturated carbocycles. The second-order valence-corrected chi connectivity index (χ2v) is 6.33. The molecule has 7 nitrogen and oxygen atoms in total. The van der Waals surface area contributed by atoms with E-state index in [1.807, 2.05) is 25.1 Å². The molecule has 2 heterocycles. The minimum Gasteiger partial charge on any atom is -0.345 e. The number of rotatable bonds is 6. The summed E-state index contributed by atoms with van der Waals surface area (Å²) in [5.74, 6) is 1.93. The molecular weight excluding hydrogens is 318 g/mol. The number of benzene rings is 1. The number of amides is 1. The molecule has 1 unspecified atom stereocenters. The standard InChI is InChI=1S/C18H21N5O2/c1-11(2)10-15-22-18(25-23-15)12(3)21-17(24)14-7-5-4-6-13(14)16-19-8-9-20-16/h4-9,11-12H,10H2,1-3H3,(H,19,20)(H,21,24). The fraction of sp³-hybridized carbons (Fsp3) is 0.333. The van der Waals surface area contributed by atoms with Crippen molar-refractivity contribution < 1.29 is 9.32 Å². The molecule has 0 bridgehead atoms. The molecule has 0 radical (unpaired) electrons. The van der Waals surface area contributed by atoms with Crippen molar-refractivity contribution in [1.29, 1.82) is 0 Å². The van der Waals surface area contributed by atoms with Crippen molar-refractivity contribution in [1.82, 2.24) is 25.4 Å². The highest BCUT2D eigenvalue weighted by Gasteiger charge is 2.20. The number of nitrogens with zero attached hydrogens (tertiary/aromatic N) is 3. The molecular formula is C18H21N5O2. The summed E-state index contributed by atoms with van der Waals surface area (Å²) in [4.78, 5) is 24.3. The second kappa shape index (κ2) is 7.29. The predicted molar refractivity (Wildman–Crippen MR) is 92.7 cm³/mol. The summed E-state index contributed by atoms with van der Waals surface area (Å²) in [6.45, 7) is 6.00. The lowest BCUT2D eigenvalue weighted by Crippen LogP contribution is -2.27. The van der Waals surface area contributed by atoms with Crippen molar-refractivity contribution in [2.45, 2.75) is 33.2 Å². The quantitative estimate of drug-likeness (QED) is 0.719. The number of aromatic amines is 1. The van der Waals surface area contributed by atoms with E-state index in [0.717, 1.165) is 12.0 Å². The summed E-state index contributed by atoms with van der Waals surface area (Å²) in [6, 6.07) is 6.92. The first-order valence-corrected chi connectivity index (χ1v) is 8.26. The maximum absolute atomic E-state index is 12.7. The first-order valence-electron chi connectivity index (χ1n) is 8.26. The van der Waals surface area contributed by atoms with E-state index in [0.29, 0.717) is 29.0 Å². The molecule has 2 aromatic heterocycles. The van der Waals surface area contributed by atoms with Crippen LogP contribution in [0.25, 0.3) is 11.4 Å². The van der Waals surface area contributed by atoms with E-state index in [-0.39, 0.29) is 11.9 Å². The van der Waals surface area contributed by atoms with Crippen molar-refractivity contribution in [3.05, 3.63) is 53.9 Å². The zero-order chi connectivity index (χ0) is 17.8. The van der Waals surface area contributed by atoms with Gasteiger partial charge < -0.3 is 14.8 Å². The molecule has 7 heteroatoms. The van der Waals surface area contributed by atoms with Crippen molar-refractivity contribution in [2.24, 2.45) is 5.92 Å². The van der Waals surface area contributed by atoms with Crippen molar-refractivity contribution in [3.8, 4) is 11.4 Å². The largest absolute Gasteiger partial charge is 0.345 e. The lowest BCUT2D eigenvalue weighted by Gasteiger charge is -2.12. The lowest BCUT2D eigenvalue weighted by molar-refractivity contribution is 0.0933. The van der Waals surface area contributed by atoms with Gasteiger partial charge in [0.15, 0.2) is 5.82 Å². The van der Waals surface area contributed by atoms with Gasteiger partial charge in [-0.05, 0) is 18.9 Å². The molecule has 3 aromatic rings. The van der Waals surface area contributed by atoms with Gasteiger partial charge in [-0.3, -0.25) is 4.79 Å². The minimum atomic E-state index is -0.384. The summed E-state index contributed by atoms with van der Waals surface area (Å²) in [5.41, 5.74) is 1.27. The Morgan fingerprint density at radius 2 is 2.08 bits per heavy atom. The molecule has 0 spiro atoms. The Labute approximate surface area is 145 Å². The van der Waals surface area contributed by atoms with Gasteiger partial charge in [0.1, 0.15) is 11.9 Å². The molecule has 0 fully saturated rings. The summed E-state index contributed by atoms with van der Waals surface area (Å²) in [5, 5.41) is 6.87. The highest BCUT2D eigenvalue weighted by Crippen LogP contribution is 2.21. The Morgan fingerprint density at radius 3 is 2.80 bits per heavy atom. The van der Waals surface area contributed by atoms with Crippen molar-refractivity contribution in [3.63, 3.8) is 0 Å². The smallest absolute Gasteiger partial charge is 0.252 e. The fourth-order valence-electron chi connectivity index (χ4n) is 2.53. The lowest BCUT2D eigenvalue weighted by atomic mass is 10.1. The summed E-state index contributed by atoms with van der Waals surface area (Å²) in [6.07, 6.45) is 4.12. The maximum atomic E-state index is 12.7. The SMILES string of the molecule is CC(C)Cc1noc(C(C)NC(=O)c2ccccc2-c2ncc[nH]2)n1. The minimum absolute atomic E-state index is 0.219. The third-order valence-electron chi connectivity index (χ3n) is 3.72. The Kier molecular flexibility index (Phi) is 4.92. The van der Waals surface area contributed by atoms with E-state index >= 15 is 0 Å². The first kappa shape index (κ1) is 16.9. The predicted octanol–water partition coefficient (Wildman–Crippen LogP) is 3.15. The van der Waals surface area contributed by atoms with Crippen LogP contribution in [-0.2, 0) is 6.42 Å². The van der Waals surface area contributed by atoms with Crippen LogP contribution in [0.3, 0.4) is 0 Å². The molecule has 1 amide bonds. The molecule has 25 heavy (non-hydrogen) atoms. The van der Waals surface area contributed by atoms with Gasteiger partial charge in [0, 0.05) is 24.4 Å². The van der Waals surface area contributed by atoms with Crippen LogP contribution < -0.4 is 5.32 Å². The molecule has 0 aliphatic heterocycles. The summed E-state index contributed by atoms with van der Waals surface area (Å²) >= 11 is 0. The zero-order valence-corrected chi connectivity index (χ0v) is 14.5. The van der Waals surface area contributed by atoms with Crippen LogP contribution in [0.5, 0.6) is 0 Å². The van der Waals surface area contributed by atoms with E-state index < -0.39 is 0 Å². The van der Waals surface area contributed by atoms with Gasteiger partial charge >= 0.3 is 0 Å².